The molecule has 1 fully saturated rings. The largest absolute Gasteiger partial charge is 0.356 e. The minimum atomic E-state index is 0.590. The lowest BCUT2D eigenvalue weighted by Gasteiger charge is -2.15. The fourth-order valence-corrected chi connectivity index (χ4v) is 3.61. The molecule has 6 heteroatoms. The Hall–Kier alpha value is -2.76. The van der Waals surface area contributed by atoms with Crippen molar-refractivity contribution in [2.45, 2.75) is 59.8 Å². The van der Waals surface area contributed by atoms with Gasteiger partial charge in [0, 0.05) is 36.3 Å². The van der Waals surface area contributed by atoms with E-state index in [1.165, 1.54) is 32.1 Å². The summed E-state index contributed by atoms with van der Waals surface area (Å²) >= 11 is 0. The van der Waals surface area contributed by atoms with Gasteiger partial charge in [-0.2, -0.15) is 0 Å². The summed E-state index contributed by atoms with van der Waals surface area (Å²) in [5.74, 6) is 2.39. The maximum absolute atomic E-state index is 4.46. The highest BCUT2D eigenvalue weighted by Crippen LogP contribution is 2.28. The Morgan fingerprint density at radius 1 is 1.14 bits per heavy atom. The number of fused-ring (bicyclic) bond motifs is 1. The van der Waals surface area contributed by atoms with Gasteiger partial charge in [-0.1, -0.05) is 39.0 Å². The lowest BCUT2D eigenvalue weighted by molar-refractivity contribution is 0.385. The molecule has 3 heterocycles. The van der Waals surface area contributed by atoms with Gasteiger partial charge in [-0.05, 0) is 44.4 Å². The molecular formula is C23H32N6. The molecule has 0 amide bonds. The molecule has 0 radical (unpaired) electrons. The molecule has 0 unspecified atom stereocenters. The second-order valence-corrected chi connectivity index (χ2v) is 8.06. The summed E-state index contributed by atoms with van der Waals surface area (Å²) < 4.78 is 1.81. The summed E-state index contributed by atoms with van der Waals surface area (Å²) in [4.78, 5) is 13.2. The molecule has 6 nitrogen and oxygen atoms in total. The molecular weight excluding hydrogens is 360 g/mol. The molecule has 154 valence electrons. The molecule has 3 aromatic rings. The van der Waals surface area contributed by atoms with E-state index >= 15 is 0 Å². The minimum Gasteiger partial charge on any atom is -0.356 e. The van der Waals surface area contributed by atoms with Crippen LogP contribution >= 0.6 is 0 Å². The SMILES string of the molecule is CC1CCCCC1.CNc1ncc2c(-c3cnc(N=C(C)C)c(C)c3)ccn2n1. The number of rotatable bonds is 3. The number of hydrogen-bond donors (Lipinski definition) is 1. The van der Waals surface area contributed by atoms with Gasteiger partial charge >= 0.3 is 0 Å². The Labute approximate surface area is 173 Å². The van der Waals surface area contributed by atoms with Crippen molar-refractivity contribution in [2.75, 3.05) is 12.4 Å². The summed E-state index contributed by atoms with van der Waals surface area (Å²) in [6.45, 7) is 8.31. The summed E-state index contributed by atoms with van der Waals surface area (Å²) in [7, 11) is 1.80. The van der Waals surface area contributed by atoms with Crippen molar-refractivity contribution in [3.63, 3.8) is 0 Å². The normalized spacial score (nSPS) is 14.2. The van der Waals surface area contributed by atoms with Crippen molar-refractivity contribution in [2.24, 2.45) is 10.9 Å². The van der Waals surface area contributed by atoms with E-state index < -0.39 is 0 Å². The number of aromatic nitrogens is 4. The van der Waals surface area contributed by atoms with Gasteiger partial charge in [0.1, 0.15) is 0 Å². The van der Waals surface area contributed by atoms with E-state index in [2.05, 4.69) is 38.4 Å². The first-order valence-corrected chi connectivity index (χ1v) is 10.5. The van der Waals surface area contributed by atoms with Gasteiger partial charge < -0.3 is 5.32 Å². The molecule has 0 saturated heterocycles. The first-order valence-electron chi connectivity index (χ1n) is 10.5. The van der Waals surface area contributed by atoms with Crippen LogP contribution in [0.1, 0.15) is 58.4 Å². The first kappa shape index (κ1) is 21.0. The minimum absolute atomic E-state index is 0.590. The fraction of sp³-hybridized carbons (Fsp3) is 0.478. The fourth-order valence-electron chi connectivity index (χ4n) is 3.61. The zero-order valence-corrected chi connectivity index (χ0v) is 18.2. The molecule has 1 aliphatic carbocycles. The van der Waals surface area contributed by atoms with Crippen molar-refractivity contribution < 1.29 is 0 Å². The molecule has 0 spiro atoms. The smallest absolute Gasteiger partial charge is 0.240 e. The number of nitrogens with zero attached hydrogens (tertiary/aromatic N) is 5. The molecule has 0 aliphatic heterocycles. The first-order chi connectivity index (χ1) is 14.0. The third-order valence-electron chi connectivity index (χ3n) is 5.23. The molecule has 0 aromatic carbocycles. The van der Waals surface area contributed by atoms with Crippen molar-refractivity contribution in [1.29, 1.82) is 0 Å². The molecule has 1 N–H and O–H groups in total. The average Bonchev–Trinajstić information content (AvgIpc) is 3.13. The van der Waals surface area contributed by atoms with Crippen LogP contribution in [0, 0.1) is 12.8 Å². The lowest BCUT2D eigenvalue weighted by atomic mass is 9.91. The number of nitrogens with one attached hydrogen (secondary N) is 1. The molecule has 29 heavy (non-hydrogen) atoms. The molecule has 0 bridgehead atoms. The van der Waals surface area contributed by atoms with Gasteiger partial charge in [0.2, 0.25) is 5.95 Å². The quantitative estimate of drug-likeness (QED) is 0.569. The third-order valence-corrected chi connectivity index (χ3v) is 5.23. The Morgan fingerprint density at radius 2 is 1.90 bits per heavy atom. The summed E-state index contributed by atoms with van der Waals surface area (Å²) in [5.41, 5.74) is 5.08. The van der Waals surface area contributed by atoms with Crippen LogP contribution in [0.5, 0.6) is 0 Å². The summed E-state index contributed by atoms with van der Waals surface area (Å²) in [5, 5.41) is 7.30. The van der Waals surface area contributed by atoms with Crippen LogP contribution < -0.4 is 5.32 Å². The zero-order valence-electron chi connectivity index (χ0n) is 18.2. The monoisotopic (exact) mass is 392 g/mol. The Morgan fingerprint density at radius 3 is 2.48 bits per heavy atom. The lowest BCUT2D eigenvalue weighted by Crippen LogP contribution is -2.00. The standard InChI is InChI=1S/C16H18N6.C7H14/c1-10(2)20-15-11(3)7-12(8-18-15)13-5-6-22-14(13)9-19-16(17-4)21-22;1-7-5-3-2-4-6-7/h5-9H,1-4H3,(H,17,21);7H,2-6H2,1H3. The van der Waals surface area contributed by atoms with Crippen LogP contribution in [0.15, 0.2) is 35.7 Å². The maximum atomic E-state index is 4.46. The van der Waals surface area contributed by atoms with Crippen molar-refractivity contribution in [3.8, 4) is 11.1 Å². The molecule has 3 aromatic heterocycles. The van der Waals surface area contributed by atoms with Gasteiger partial charge in [0.05, 0.1) is 11.7 Å². The van der Waals surface area contributed by atoms with Crippen molar-refractivity contribution in [1.82, 2.24) is 19.6 Å². The van der Waals surface area contributed by atoms with Crippen LogP contribution in [-0.4, -0.2) is 32.3 Å². The Bertz CT molecular complexity index is 978. The van der Waals surface area contributed by atoms with E-state index in [-0.39, 0.29) is 0 Å². The molecule has 4 rings (SSSR count). The van der Waals surface area contributed by atoms with Crippen LogP contribution in [-0.2, 0) is 0 Å². The number of aryl methyl sites for hydroxylation is 1. The number of aliphatic imine (C=N–C) groups is 1. The third kappa shape index (κ3) is 5.40. The molecule has 1 aliphatic rings. The highest BCUT2D eigenvalue weighted by molar-refractivity contribution is 5.83. The van der Waals surface area contributed by atoms with Crippen LogP contribution in [0.4, 0.5) is 11.8 Å². The van der Waals surface area contributed by atoms with Gasteiger partial charge in [0.25, 0.3) is 0 Å². The maximum Gasteiger partial charge on any atom is 0.240 e. The van der Waals surface area contributed by atoms with Crippen molar-refractivity contribution in [3.05, 3.63) is 36.3 Å². The van der Waals surface area contributed by atoms with Crippen LogP contribution in [0.25, 0.3) is 16.6 Å². The second kappa shape index (κ2) is 9.63. The van der Waals surface area contributed by atoms with E-state index in [0.717, 1.165) is 39.7 Å². The predicted molar refractivity (Wildman–Crippen MR) is 121 cm³/mol. The van der Waals surface area contributed by atoms with E-state index in [4.69, 9.17) is 0 Å². The average molecular weight is 393 g/mol. The summed E-state index contributed by atoms with van der Waals surface area (Å²) in [6.07, 6.45) is 13.0. The number of hydrogen-bond acceptors (Lipinski definition) is 5. The highest BCUT2D eigenvalue weighted by Gasteiger charge is 2.09. The highest BCUT2D eigenvalue weighted by atomic mass is 15.3. The van der Waals surface area contributed by atoms with Gasteiger partial charge in [-0.25, -0.2) is 19.5 Å². The second-order valence-electron chi connectivity index (χ2n) is 8.06. The van der Waals surface area contributed by atoms with Crippen molar-refractivity contribution >= 4 is 23.0 Å². The topological polar surface area (TPSA) is 67.5 Å². The van der Waals surface area contributed by atoms with Gasteiger partial charge in [-0.15, -0.1) is 5.10 Å². The van der Waals surface area contributed by atoms with Crippen LogP contribution in [0.2, 0.25) is 0 Å². The zero-order chi connectivity index (χ0) is 20.8. The molecule has 1 saturated carbocycles. The van der Waals surface area contributed by atoms with Crippen LogP contribution in [0.3, 0.4) is 0 Å². The Balaban J connectivity index is 0.000000290. The predicted octanol–water partition coefficient (Wildman–Crippen LogP) is 5.84. The number of anilines is 1. The van der Waals surface area contributed by atoms with Gasteiger partial charge in [0.15, 0.2) is 5.82 Å². The van der Waals surface area contributed by atoms with E-state index in [1.807, 2.05) is 49.9 Å². The van der Waals surface area contributed by atoms with E-state index in [9.17, 15) is 0 Å². The van der Waals surface area contributed by atoms with Gasteiger partial charge in [-0.3, -0.25) is 0 Å². The Kier molecular flexibility index (Phi) is 6.96. The van der Waals surface area contributed by atoms with E-state index in [0.29, 0.717) is 5.95 Å². The molecule has 0 atom stereocenters. The number of pyridine rings is 1. The van der Waals surface area contributed by atoms with E-state index in [1.54, 1.807) is 7.05 Å². The summed E-state index contributed by atoms with van der Waals surface area (Å²) in [6, 6.07) is 4.12.